The maximum absolute atomic E-state index is 11.6. The molecule has 4 heteroatoms. The second kappa shape index (κ2) is 4.09. The first kappa shape index (κ1) is 12.4. The summed E-state index contributed by atoms with van der Waals surface area (Å²) in [6, 6.07) is 0. The fraction of sp³-hybridized carbons (Fsp3) is 0.750. The highest BCUT2D eigenvalue weighted by Gasteiger charge is 2.50. The van der Waals surface area contributed by atoms with E-state index in [-0.39, 0.29) is 0 Å². The van der Waals surface area contributed by atoms with Gasteiger partial charge >= 0.3 is 5.97 Å². The highest BCUT2D eigenvalue weighted by atomic mass is 16.4. The predicted molar refractivity (Wildman–Crippen MR) is 74.7 cm³/mol. The highest BCUT2D eigenvalue weighted by molar-refractivity contribution is 5.88. The predicted octanol–water partition coefficient (Wildman–Crippen LogP) is 2.97. The summed E-state index contributed by atoms with van der Waals surface area (Å²) >= 11 is 0. The van der Waals surface area contributed by atoms with Crippen molar-refractivity contribution in [2.24, 2.45) is 30.7 Å². The number of carboxylic acids is 1. The minimum Gasteiger partial charge on any atom is -0.477 e. The molecule has 1 heterocycles. The first-order valence-corrected chi connectivity index (χ1v) is 7.81. The van der Waals surface area contributed by atoms with Crippen molar-refractivity contribution in [1.82, 2.24) is 9.78 Å². The first-order valence-electron chi connectivity index (χ1n) is 7.81. The third-order valence-corrected chi connectivity index (χ3v) is 6.03. The summed E-state index contributed by atoms with van der Waals surface area (Å²) in [5.41, 5.74) is 2.41. The summed E-state index contributed by atoms with van der Waals surface area (Å²) in [5, 5.41) is 14.0. The van der Waals surface area contributed by atoms with Gasteiger partial charge in [0, 0.05) is 12.6 Å². The zero-order chi connectivity index (χ0) is 14.0. The number of hydrogen-bond donors (Lipinski definition) is 1. The van der Waals surface area contributed by atoms with Gasteiger partial charge in [-0.3, -0.25) is 4.68 Å². The Hall–Kier alpha value is -1.32. The lowest BCUT2D eigenvalue weighted by atomic mass is 9.50. The third-order valence-electron chi connectivity index (χ3n) is 6.03. The van der Waals surface area contributed by atoms with Crippen LogP contribution in [0.1, 0.15) is 59.8 Å². The number of nitrogens with zero attached hydrogens (tertiary/aromatic N) is 2. The molecule has 1 N–H and O–H groups in total. The van der Waals surface area contributed by atoms with Crippen molar-refractivity contribution in [1.29, 1.82) is 0 Å². The largest absolute Gasteiger partial charge is 0.477 e. The number of aromatic nitrogens is 2. The molecule has 4 saturated carbocycles. The number of carboxylic acid groups (broad SMARTS) is 1. The van der Waals surface area contributed by atoms with Crippen molar-refractivity contribution in [3.05, 3.63) is 17.0 Å². The minimum atomic E-state index is -0.822. The van der Waals surface area contributed by atoms with Crippen LogP contribution in [0.5, 0.6) is 0 Å². The van der Waals surface area contributed by atoms with E-state index in [1.807, 2.05) is 6.92 Å². The first-order chi connectivity index (χ1) is 9.54. The summed E-state index contributed by atoms with van der Waals surface area (Å²) in [5.74, 6) is 2.86. The van der Waals surface area contributed by atoms with Gasteiger partial charge in [-0.05, 0) is 68.6 Å². The van der Waals surface area contributed by atoms with Crippen LogP contribution < -0.4 is 0 Å². The summed E-state index contributed by atoms with van der Waals surface area (Å²) in [6.45, 7) is 1.98. The van der Waals surface area contributed by atoms with Crippen LogP contribution in [0.2, 0.25) is 0 Å². The maximum Gasteiger partial charge on any atom is 0.354 e. The molecule has 1 aromatic heterocycles. The Kier molecular flexibility index (Phi) is 2.54. The lowest BCUT2D eigenvalue weighted by molar-refractivity contribution is -0.00339. The molecule has 1 aromatic rings. The average Bonchev–Trinajstić information content (AvgIpc) is 2.63. The number of rotatable bonds is 2. The lowest BCUT2D eigenvalue weighted by Gasteiger charge is -2.54. The Morgan fingerprint density at radius 2 is 1.70 bits per heavy atom. The molecule has 4 bridgehead atoms. The highest BCUT2D eigenvalue weighted by Crippen LogP contribution is 2.60. The monoisotopic (exact) mass is 274 g/mol. The van der Waals surface area contributed by atoms with E-state index >= 15 is 0 Å². The SMILES string of the molecule is Cc1nn(C)c(C(=O)O)c1C1C2CC3CC(C2)CC1C3. The molecular weight excluding hydrogens is 252 g/mol. The molecule has 20 heavy (non-hydrogen) atoms. The number of aromatic carboxylic acids is 1. The van der Waals surface area contributed by atoms with E-state index in [1.165, 1.54) is 32.1 Å². The fourth-order valence-corrected chi connectivity index (χ4v) is 5.72. The average molecular weight is 274 g/mol. The van der Waals surface area contributed by atoms with Crippen molar-refractivity contribution < 1.29 is 9.90 Å². The maximum atomic E-state index is 11.6. The van der Waals surface area contributed by atoms with Crippen LogP contribution in [-0.2, 0) is 7.05 Å². The molecule has 0 saturated heterocycles. The minimum absolute atomic E-state index is 0.431. The molecule has 0 aromatic carbocycles. The van der Waals surface area contributed by atoms with Crippen molar-refractivity contribution in [2.75, 3.05) is 0 Å². The number of aryl methyl sites for hydroxylation is 2. The molecule has 0 radical (unpaired) electrons. The molecule has 0 aliphatic heterocycles. The van der Waals surface area contributed by atoms with Gasteiger partial charge in [-0.15, -0.1) is 0 Å². The van der Waals surface area contributed by atoms with Gasteiger partial charge in [0.05, 0.1) is 5.69 Å². The molecule has 108 valence electrons. The molecule has 0 amide bonds. The third kappa shape index (κ3) is 1.60. The van der Waals surface area contributed by atoms with Gasteiger partial charge < -0.3 is 5.11 Å². The van der Waals surface area contributed by atoms with Gasteiger partial charge in [-0.2, -0.15) is 5.10 Å². The van der Waals surface area contributed by atoms with Gasteiger partial charge in [-0.25, -0.2) is 4.79 Å². The molecule has 4 fully saturated rings. The van der Waals surface area contributed by atoms with E-state index in [0.717, 1.165) is 23.1 Å². The number of hydrogen-bond acceptors (Lipinski definition) is 2. The molecule has 0 atom stereocenters. The molecule has 0 unspecified atom stereocenters. The quantitative estimate of drug-likeness (QED) is 0.902. The topological polar surface area (TPSA) is 55.1 Å². The summed E-state index contributed by atoms with van der Waals surface area (Å²) < 4.78 is 1.57. The van der Waals surface area contributed by atoms with Gasteiger partial charge in [0.15, 0.2) is 0 Å². The smallest absolute Gasteiger partial charge is 0.354 e. The zero-order valence-electron chi connectivity index (χ0n) is 12.2. The van der Waals surface area contributed by atoms with Crippen molar-refractivity contribution in [3.63, 3.8) is 0 Å². The van der Waals surface area contributed by atoms with Gasteiger partial charge in [-0.1, -0.05) is 0 Å². The second-order valence-electron chi connectivity index (χ2n) is 7.23. The van der Waals surface area contributed by atoms with Crippen LogP contribution >= 0.6 is 0 Å². The Morgan fingerprint density at radius 3 is 2.20 bits per heavy atom. The van der Waals surface area contributed by atoms with Crippen LogP contribution in [0.3, 0.4) is 0 Å². The van der Waals surface area contributed by atoms with E-state index in [0.29, 0.717) is 23.4 Å². The van der Waals surface area contributed by atoms with E-state index < -0.39 is 5.97 Å². The molecule has 0 spiro atoms. The zero-order valence-corrected chi connectivity index (χ0v) is 12.2. The number of carbonyl (C=O) groups is 1. The fourth-order valence-electron chi connectivity index (χ4n) is 5.72. The van der Waals surface area contributed by atoms with Crippen LogP contribution in [-0.4, -0.2) is 20.9 Å². The standard InChI is InChI=1S/C16H22N2O2/c1-8-13(15(16(19)20)18(2)17-8)14-11-4-9-3-10(6-11)7-12(14)5-9/h9-12,14H,3-7H2,1-2H3,(H,19,20). The van der Waals surface area contributed by atoms with Crippen LogP contribution in [0, 0.1) is 30.6 Å². The lowest BCUT2D eigenvalue weighted by Crippen LogP contribution is -2.44. The van der Waals surface area contributed by atoms with Crippen molar-refractivity contribution in [2.45, 2.75) is 44.9 Å². The Labute approximate surface area is 119 Å². The van der Waals surface area contributed by atoms with Crippen LogP contribution in [0.15, 0.2) is 0 Å². The molecule has 5 rings (SSSR count). The van der Waals surface area contributed by atoms with Crippen molar-refractivity contribution >= 4 is 5.97 Å². The molecule has 4 aliphatic rings. The molecule has 4 aliphatic carbocycles. The Morgan fingerprint density at radius 1 is 1.15 bits per heavy atom. The van der Waals surface area contributed by atoms with Crippen LogP contribution in [0.25, 0.3) is 0 Å². The van der Waals surface area contributed by atoms with E-state index in [1.54, 1.807) is 11.7 Å². The van der Waals surface area contributed by atoms with Gasteiger partial charge in [0.2, 0.25) is 0 Å². The molecular formula is C16H22N2O2. The Balaban J connectivity index is 1.80. The van der Waals surface area contributed by atoms with Gasteiger partial charge in [0.1, 0.15) is 5.69 Å². The second-order valence-corrected chi connectivity index (χ2v) is 7.23. The molecule has 4 nitrogen and oxygen atoms in total. The van der Waals surface area contributed by atoms with E-state index in [2.05, 4.69) is 5.10 Å². The summed E-state index contributed by atoms with van der Waals surface area (Å²) in [7, 11) is 1.76. The van der Waals surface area contributed by atoms with E-state index in [9.17, 15) is 9.90 Å². The van der Waals surface area contributed by atoms with Crippen LogP contribution in [0.4, 0.5) is 0 Å². The summed E-state index contributed by atoms with van der Waals surface area (Å²) in [6.07, 6.45) is 6.67. The normalized spacial score (nSPS) is 38.4. The Bertz CT molecular complexity index is 547. The van der Waals surface area contributed by atoms with Crippen molar-refractivity contribution in [3.8, 4) is 0 Å². The van der Waals surface area contributed by atoms with E-state index in [4.69, 9.17) is 0 Å². The van der Waals surface area contributed by atoms with Gasteiger partial charge in [0.25, 0.3) is 0 Å². The summed E-state index contributed by atoms with van der Waals surface area (Å²) in [4.78, 5) is 11.6.